The van der Waals surface area contributed by atoms with Gasteiger partial charge in [0.1, 0.15) is 6.10 Å². The SMILES string of the molecule is O=C1C=C(C(O)c2cccc3ccccc23)C(=O)c2ccccc21. The van der Waals surface area contributed by atoms with E-state index in [0.717, 1.165) is 10.8 Å². The van der Waals surface area contributed by atoms with E-state index in [-0.39, 0.29) is 17.1 Å². The molecule has 1 aliphatic carbocycles. The molecule has 0 fully saturated rings. The molecule has 3 nitrogen and oxygen atoms in total. The number of rotatable bonds is 2. The fourth-order valence-electron chi connectivity index (χ4n) is 3.20. The Balaban J connectivity index is 1.84. The Morgan fingerprint density at radius 1 is 0.750 bits per heavy atom. The van der Waals surface area contributed by atoms with E-state index in [0.29, 0.717) is 16.7 Å². The molecule has 0 saturated carbocycles. The number of carbonyl (C=O) groups is 2. The highest BCUT2D eigenvalue weighted by molar-refractivity contribution is 6.25. The zero-order valence-corrected chi connectivity index (χ0v) is 12.8. The lowest BCUT2D eigenvalue weighted by molar-refractivity contribution is 0.0947. The van der Waals surface area contributed by atoms with Gasteiger partial charge in [-0.2, -0.15) is 0 Å². The summed E-state index contributed by atoms with van der Waals surface area (Å²) >= 11 is 0. The molecule has 3 aromatic carbocycles. The first-order chi connectivity index (χ1) is 11.7. The lowest BCUT2D eigenvalue weighted by Gasteiger charge is -2.20. The first kappa shape index (κ1) is 14.5. The van der Waals surface area contributed by atoms with Gasteiger partial charge in [0, 0.05) is 16.7 Å². The van der Waals surface area contributed by atoms with Crippen molar-refractivity contribution in [3.05, 3.63) is 95.1 Å². The van der Waals surface area contributed by atoms with Crippen LogP contribution in [0.5, 0.6) is 0 Å². The van der Waals surface area contributed by atoms with E-state index in [1.54, 1.807) is 30.3 Å². The summed E-state index contributed by atoms with van der Waals surface area (Å²) in [6.07, 6.45) is 0.123. The van der Waals surface area contributed by atoms with Gasteiger partial charge >= 0.3 is 0 Å². The number of benzene rings is 3. The van der Waals surface area contributed by atoms with Crippen molar-refractivity contribution < 1.29 is 14.7 Å². The predicted molar refractivity (Wildman–Crippen MR) is 92.1 cm³/mol. The molecule has 0 radical (unpaired) electrons. The number of hydrogen-bond donors (Lipinski definition) is 1. The van der Waals surface area contributed by atoms with Gasteiger partial charge in [-0.1, -0.05) is 66.7 Å². The second-order valence-corrected chi connectivity index (χ2v) is 5.81. The minimum atomic E-state index is -1.14. The van der Waals surface area contributed by atoms with Crippen LogP contribution in [0.25, 0.3) is 10.8 Å². The van der Waals surface area contributed by atoms with E-state index < -0.39 is 6.10 Å². The zero-order chi connectivity index (χ0) is 16.7. The highest BCUT2D eigenvalue weighted by atomic mass is 16.3. The minimum absolute atomic E-state index is 0.120. The van der Waals surface area contributed by atoms with Gasteiger partial charge < -0.3 is 5.11 Å². The van der Waals surface area contributed by atoms with E-state index in [2.05, 4.69) is 0 Å². The highest BCUT2D eigenvalue weighted by Gasteiger charge is 2.30. The number of allylic oxidation sites excluding steroid dienone is 1. The molecule has 116 valence electrons. The second kappa shape index (κ2) is 5.55. The lowest BCUT2D eigenvalue weighted by atomic mass is 9.84. The van der Waals surface area contributed by atoms with Crippen molar-refractivity contribution in [2.24, 2.45) is 0 Å². The Bertz CT molecular complexity index is 1010. The molecule has 1 atom stereocenters. The third-order valence-corrected chi connectivity index (χ3v) is 4.40. The molecule has 0 amide bonds. The van der Waals surface area contributed by atoms with Gasteiger partial charge in [-0.3, -0.25) is 9.59 Å². The first-order valence-corrected chi connectivity index (χ1v) is 7.72. The molecule has 0 saturated heterocycles. The molecule has 1 unspecified atom stereocenters. The Morgan fingerprint density at radius 2 is 1.42 bits per heavy atom. The van der Waals surface area contributed by atoms with Crippen LogP contribution in [0.4, 0.5) is 0 Å². The molecule has 0 aromatic heterocycles. The van der Waals surface area contributed by atoms with Crippen LogP contribution in [-0.4, -0.2) is 16.7 Å². The van der Waals surface area contributed by atoms with Crippen LogP contribution in [0.2, 0.25) is 0 Å². The third-order valence-electron chi connectivity index (χ3n) is 4.40. The van der Waals surface area contributed by atoms with Crippen LogP contribution in [0.15, 0.2) is 78.4 Å². The van der Waals surface area contributed by atoms with Crippen molar-refractivity contribution in [1.29, 1.82) is 0 Å². The molecular formula is C21H14O3. The smallest absolute Gasteiger partial charge is 0.192 e. The molecule has 1 aliphatic rings. The average Bonchev–Trinajstić information content (AvgIpc) is 2.64. The molecule has 1 N–H and O–H groups in total. The molecule has 3 aromatic rings. The number of carbonyl (C=O) groups excluding carboxylic acids is 2. The summed E-state index contributed by atoms with van der Waals surface area (Å²) in [4.78, 5) is 25.0. The molecule has 4 rings (SSSR count). The maximum absolute atomic E-state index is 12.7. The van der Waals surface area contributed by atoms with E-state index in [9.17, 15) is 14.7 Å². The van der Waals surface area contributed by atoms with Crippen LogP contribution < -0.4 is 0 Å². The zero-order valence-electron chi connectivity index (χ0n) is 12.8. The van der Waals surface area contributed by atoms with Gasteiger partial charge in [-0.05, 0) is 22.4 Å². The maximum atomic E-state index is 12.7. The number of hydrogen-bond acceptors (Lipinski definition) is 3. The number of Topliss-reactive ketones (excluding diaryl/α,β-unsaturated/α-hetero) is 1. The molecule has 24 heavy (non-hydrogen) atoms. The number of aliphatic hydroxyl groups is 1. The number of fused-ring (bicyclic) bond motifs is 2. The van der Waals surface area contributed by atoms with Crippen molar-refractivity contribution in [3.63, 3.8) is 0 Å². The van der Waals surface area contributed by atoms with Gasteiger partial charge in [0.15, 0.2) is 11.6 Å². The van der Waals surface area contributed by atoms with Crippen molar-refractivity contribution in [1.82, 2.24) is 0 Å². The number of aliphatic hydroxyl groups excluding tert-OH is 1. The van der Waals surface area contributed by atoms with Crippen molar-refractivity contribution in [3.8, 4) is 0 Å². The summed E-state index contributed by atoms with van der Waals surface area (Å²) in [7, 11) is 0. The lowest BCUT2D eigenvalue weighted by Crippen LogP contribution is -2.21. The summed E-state index contributed by atoms with van der Waals surface area (Å²) in [6, 6.07) is 19.9. The van der Waals surface area contributed by atoms with Crippen molar-refractivity contribution in [2.45, 2.75) is 6.10 Å². The quantitative estimate of drug-likeness (QED) is 0.781. The molecular weight excluding hydrogens is 300 g/mol. The van der Waals surface area contributed by atoms with E-state index >= 15 is 0 Å². The van der Waals surface area contributed by atoms with E-state index in [1.165, 1.54) is 6.08 Å². The minimum Gasteiger partial charge on any atom is -0.383 e. The van der Waals surface area contributed by atoms with Gasteiger partial charge in [0.05, 0.1) is 0 Å². The summed E-state index contributed by atoms with van der Waals surface area (Å²) in [6.45, 7) is 0. The van der Waals surface area contributed by atoms with Crippen LogP contribution >= 0.6 is 0 Å². The van der Waals surface area contributed by atoms with Crippen molar-refractivity contribution >= 4 is 22.3 Å². The Labute approximate surface area is 138 Å². The fraction of sp³-hybridized carbons (Fsp3) is 0.0476. The van der Waals surface area contributed by atoms with Crippen LogP contribution in [0.3, 0.4) is 0 Å². The average molecular weight is 314 g/mol. The summed E-state index contributed by atoms with van der Waals surface area (Å²) < 4.78 is 0. The Hall–Kier alpha value is -3.04. The van der Waals surface area contributed by atoms with Gasteiger partial charge in [0.2, 0.25) is 0 Å². The second-order valence-electron chi connectivity index (χ2n) is 5.81. The van der Waals surface area contributed by atoms with E-state index in [1.807, 2.05) is 36.4 Å². The molecule has 0 spiro atoms. The largest absolute Gasteiger partial charge is 0.383 e. The van der Waals surface area contributed by atoms with Crippen LogP contribution in [0, 0.1) is 0 Å². The number of ketones is 2. The fourth-order valence-corrected chi connectivity index (χ4v) is 3.20. The standard InChI is InChI=1S/C21H14O3/c22-19-12-18(21(24)17-10-4-3-9-15(17)19)20(23)16-11-5-7-13-6-1-2-8-14(13)16/h1-12,20,23H. The highest BCUT2D eigenvalue weighted by Crippen LogP contribution is 2.33. The third kappa shape index (κ3) is 2.18. The van der Waals surface area contributed by atoms with Crippen LogP contribution in [-0.2, 0) is 0 Å². The molecule has 3 heteroatoms. The monoisotopic (exact) mass is 314 g/mol. The molecule has 0 aliphatic heterocycles. The Kier molecular flexibility index (Phi) is 3.36. The van der Waals surface area contributed by atoms with Crippen LogP contribution in [0.1, 0.15) is 32.4 Å². The first-order valence-electron chi connectivity index (χ1n) is 7.72. The predicted octanol–water partition coefficient (Wildman–Crippen LogP) is 3.88. The molecule has 0 bridgehead atoms. The maximum Gasteiger partial charge on any atom is 0.192 e. The normalized spacial score (nSPS) is 15.1. The van der Waals surface area contributed by atoms with E-state index in [4.69, 9.17) is 0 Å². The summed E-state index contributed by atoms with van der Waals surface area (Å²) in [5.41, 5.74) is 1.48. The Morgan fingerprint density at radius 3 is 2.25 bits per heavy atom. The summed E-state index contributed by atoms with van der Waals surface area (Å²) in [5.74, 6) is -0.551. The van der Waals surface area contributed by atoms with Gasteiger partial charge in [-0.15, -0.1) is 0 Å². The van der Waals surface area contributed by atoms with Crippen molar-refractivity contribution in [2.75, 3.05) is 0 Å². The molecule has 0 heterocycles. The topological polar surface area (TPSA) is 54.4 Å². The van der Waals surface area contributed by atoms with Gasteiger partial charge in [0.25, 0.3) is 0 Å². The van der Waals surface area contributed by atoms with Gasteiger partial charge in [-0.25, -0.2) is 0 Å². The summed E-state index contributed by atoms with van der Waals surface area (Å²) in [5, 5.41) is 12.7.